The van der Waals surface area contributed by atoms with Gasteiger partial charge in [-0.1, -0.05) is 12.1 Å². The third kappa shape index (κ3) is 5.88. The number of rotatable bonds is 9. The zero-order chi connectivity index (χ0) is 22.2. The van der Waals surface area contributed by atoms with Gasteiger partial charge in [-0.25, -0.2) is 14.7 Å². The lowest BCUT2D eigenvalue weighted by atomic mass is 10.1. The van der Waals surface area contributed by atoms with Gasteiger partial charge < -0.3 is 24.5 Å². The second-order valence-corrected chi connectivity index (χ2v) is 7.71. The van der Waals surface area contributed by atoms with Crippen molar-refractivity contribution in [1.29, 1.82) is 0 Å². The predicted octanol–water partition coefficient (Wildman–Crippen LogP) is 2.32. The zero-order valence-corrected chi connectivity index (χ0v) is 18.6. The Morgan fingerprint density at radius 1 is 1.25 bits per heavy atom. The number of nitrogens with one attached hydrogen (secondary N) is 2. The number of fused-ring (bicyclic) bond motifs is 1. The van der Waals surface area contributed by atoms with E-state index in [0.717, 1.165) is 67.0 Å². The topological polar surface area (TPSA) is 98.7 Å². The number of hydrogen-bond acceptors (Lipinski definition) is 6. The highest BCUT2D eigenvalue weighted by atomic mass is 16.5. The van der Waals surface area contributed by atoms with Crippen molar-refractivity contribution < 1.29 is 13.9 Å². The number of methoxy groups -OCH3 is 2. The van der Waals surface area contributed by atoms with Crippen LogP contribution < -0.4 is 15.4 Å². The summed E-state index contributed by atoms with van der Waals surface area (Å²) < 4.78 is 17.8. The Labute approximate surface area is 187 Å². The molecule has 0 bridgehead atoms. The van der Waals surface area contributed by atoms with Gasteiger partial charge in [0.15, 0.2) is 11.8 Å². The Bertz CT molecular complexity index is 997. The van der Waals surface area contributed by atoms with Crippen LogP contribution in [0.4, 0.5) is 0 Å². The van der Waals surface area contributed by atoms with Crippen LogP contribution in [0.15, 0.2) is 52.1 Å². The molecule has 170 valence electrons. The van der Waals surface area contributed by atoms with Gasteiger partial charge in [0, 0.05) is 32.5 Å². The van der Waals surface area contributed by atoms with E-state index in [1.165, 1.54) is 0 Å². The summed E-state index contributed by atoms with van der Waals surface area (Å²) in [5.41, 5.74) is 1.12. The van der Waals surface area contributed by atoms with Gasteiger partial charge in [0.25, 0.3) is 0 Å². The number of guanidine groups is 1. The number of ether oxygens (including phenoxy) is 2. The van der Waals surface area contributed by atoms with Crippen molar-refractivity contribution in [2.24, 2.45) is 4.99 Å². The van der Waals surface area contributed by atoms with Crippen molar-refractivity contribution in [3.8, 4) is 5.75 Å². The first-order valence-corrected chi connectivity index (χ1v) is 10.8. The number of furan rings is 1. The van der Waals surface area contributed by atoms with Crippen LogP contribution in [0.1, 0.15) is 29.4 Å². The molecule has 0 fully saturated rings. The Balaban J connectivity index is 1.40. The molecule has 2 aromatic heterocycles. The number of nitrogens with zero attached hydrogens (tertiary/aromatic N) is 4. The minimum Gasteiger partial charge on any atom is -0.497 e. The number of aryl methyl sites for hydroxylation is 1. The number of aliphatic imine (C=N–C) groups is 1. The van der Waals surface area contributed by atoms with Gasteiger partial charge in [-0.2, -0.15) is 5.10 Å². The van der Waals surface area contributed by atoms with Crippen LogP contribution in [0.5, 0.6) is 5.75 Å². The van der Waals surface area contributed by atoms with Gasteiger partial charge in [-0.3, -0.25) is 0 Å². The van der Waals surface area contributed by atoms with Crippen molar-refractivity contribution >= 4 is 5.96 Å². The van der Waals surface area contributed by atoms with Crippen LogP contribution in [0.2, 0.25) is 0 Å². The fraction of sp³-hybridized carbons (Fsp3) is 0.435. The molecule has 0 amide bonds. The molecule has 1 aliphatic heterocycles. The highest BCUT2D eigenvalue weighted by Gasteiger charge is 2.22. The first-order valence-electron chi connectivity index (χ1n) is 10.8. The van der Waals surface area contributed by atoms with Crippen molar-refractivity contribution in [2.75, 3.05) is 20.8 Å². The summed E-state index contributed by atoms with van der Waals surface area (Å²) in [5, 5.41) is 11.6. The molecule has 1 atom stereocenters. The van der Waals surface area contributed by atoms with E-state index in [0.29, 0.717) is 13.2 Å². The lowest BCUT2D eigenvalue weighted by Crippen LogP contribution is -2.47. The Morgan fingerprint density at radius 3 is 2.88 bits per heavy atom. The first-order chi connectivity index (χ1) is 15.7. The summed E-state index contributed by atoms with van der Waals surface area (Å²) in [6.45, 7) is 2.47. The molecule has 1 unspecified atom stereocenters. The van der Waals surface area contributed by atoms with Crippen molar-refractivity contribution in [3.05, 3.63) is 65.6 Å². The fourth-order valence-electron chi connectivity index (χ4n) is 3.67. The van der Waals surface area contributed by atoms with Gasteiger partial charge >= 0.3 is 0 Å². The van der Waals surface area contributed by atoms with E-state index in [2.05, 4.69) is 20.7 Å². The molecule has 4 rings (SSSR count). The molecule has 0 saturated carbocycles. The lowest BCUT2D eigenvalue weighted by molar-refractivity contribution is 0.177. The maximum Gasteiger partial charge on any atom is 0.191 e. The maximum atomic E-state index is 5.44. The molecule has 1 aromatic carbocycles. The Morgan fingerprint density at radius 2 is 2.12 bits per heavy atom. The molecule has 3 aromatic rings. The summed E-state index contributed by atoms with van der Waals surface area (Å²) in [7, 11) is 3.32. The molecule has 0 radical (unpaired) electrons. The van der Waals surface area contributed by atoms with Gasteiger partial charge in [-0.05, 0) is 36.2 Å². The molecular weight excluding hydrogens is 408 g/mol. The number of aromatic nitrogens is 3. The summed E-state index contributed by atoms with van der Waals surface area (Å²) in [4.78, 5) is 9.37. The van der Waals surface area contributed by atoms with Crippen molar-refractivity contribution in [1.82, 2.24) is 25.4 Å². The minimum atomic E-state index is 0.213. The molecule has 0 spiro atoms. The second-order valence-electron chi connectivity index (χ2n) is 7.71. The molecule has 9 heteroatoms. The van der Waals surface area contributed by atoms with E-state index >= 15 is 0 Å². The summed E-state index contributed by atoms with van der Waals surface area (Å²) in [5.74, 6) is 4.30. The largest absolute Gasteiger partial charge is 0.497 e. The summed E-state index contributed by atoms with van der Waals surface area (Å²) in [6.07, 6.45) is 4.31. The first kappa shape index (κ1) is 21.9. The zero-order valence-electron chi connectivity index (χ0n) is 18.6. The summed E-state index contributed by atoms with van der Waals surface area (Å²) >= 11 is 0. The van der Waals surface area contributed by atoms with E-state index in [1.807, 2.05) is 41.1 Å². The molecule has 0 aliphatic carbocycles. The van der Waals surface area contributed by atoms with Crippen LogP contribution in [-0.2, 0) is 37.3 Å². The van der Waals surface area contributed by atoms with Gasteiger partial charge in [-0.15, -0.1) is 0 Å². The highest BCUT2D eigenvalue weighted by molar-refractivity contribution is 5.80. The van der Waals surface area contributed by atoms with Crippen LogP contribution in [-0.4, -0.2) is 47.5 Å². The van der Waals surface area contributed by atoms with E-state index < -0.39 is 0 Å². The molecule has 32 heavy (non-hydrogen) atoms. The van der Waals surface area contributed by atoms with Crippen LogP contribution in [0.3, 0.4) is 0 Å². The SMILES string of the molecule is COCc1nc2n(n1)CC(NC(=NCc1ccc(OC)cc1)NCCc1ccco1)CC2. The maximum absolute atomic E-state index is 5.44. The standard InChI is InChI=1S/C23H30N6O3/c1-30-16-21-27-22-10-7-18(15-29(22)28-21)26-23(24-12-11-20-4-3-13-32-20)25-14-17-5-8-19(31-2)9-6-17/h3-6,8-9,13,18H,7,10-12,14-16H2,1-2H3,(H2,24,25,26). The monoisotopic (exact) mass is 438 g/mol. The van der Waals surface area contributed by atoms with Crippen molar-refractivity contribution in [2.45, 2.75) is 45.0 Å². The molecule has 2 N–H and O–H groups in total. The van der Waals surface area contributed by atoms with Crippen LogP contribution in [0, 0.1) is 0 Å². The average molecular weight is 439 g/mol. The fourth-order valence-corrected chi connectivity index (χ4v) is 3.67. The summed E-state index contributed by atoms with van der Waals surface area (Å²) in [6, 6.07) is 12.1. The third-order valence-electron chi connectivity index (χ3n) is 5.34. The average Bonchev–Trinajstić information content (AvgIpc) is 3.47. The van der Waals surface area contributed by atoms with E-state index in [-0.39, 0.29) is 6.04 Å². The van der Waals surface area contributed by atoms with Gasteiger partial charge in [0.2, 0.25) is 0 Å². The predicted molar refractivity (Wildman–Crippen MR) is 121 cm³/mol. The van der Waals surface area contributed by atoms with E-state index in [9.17, 15) is 0 Å². The number of benzene rings is 1. The van der Waals surface area contributed by atoms with E-state index in [1.54, 1.807) is 20.5 Å². The molecule has 0 saturated heterocycles. The molecule has 9 nitrogen and oxygen atoms in total. The van der Waals surface area contributed by atoms with Crippen LogP contribution >= 0.6 is 0 Å². The second kappa shape index (κ2) is 10.8. The van der Waals surface area contributed by atoms with Gasteiger partial charge in [0.05, 0.1) is 26.5 Å². The quantitative estimate of drug-likeness (QED) is 0.391. The van der Waals surface area contributed by atoms with Crippen LogP contribution in [0.25, 0.3) is 0 Å². The normalized spacial score (nSPS) is 15.9. The lowest BCUT2D eigenvalue weighted by Gasteiger charge is -2.25. The number of hydrogen-bond donors (Lipinski definition) is 2. The third-order valence-corrected chi connectivity index (χ3v) is 5.34. The van der Waals surface area contributed by atoms with Gasteiger partial charge in [0.1, 0.15) is 23.9 Å². The van der Waals surface area contributed by atoms with E-state index in [4.69, 9.17) is 18.9 Å². The Hall–Kier alpha value is -3.33. The molecular formula is C23H30N6O3. The minimum absolute atomic E-state index is 0.213. The smallest absolute Gasteiger partial charge is 0.191 e. The molecule has 3 heterocycles. The molecule has 1 aliphatic rings. The Kier molecular flexibility index (Phi) is 7.39. The van der Waals surface area contributed by atoms with Crippen molar-refractivity contribution in [3.63, 3.8) is 0 Å². The highest BCUT2D eigenvalue weighted by Crippen LogP contribution is 2.14.